The highest BCUT2D eigenvalue weighted by Crippen LogP contribution is 2.19. The standard InChI is InChI=1S/C21H22N2O4S/c1-3-16-6-4-7-17(12-16)23-21(24)20-13-19(10-9-15(20)2)28(25,26)22-14-18-8-5-11-27-18/h4-13,22H,3,14H2,1-2H3,(H,23,24). The van der Waals surface area contributed by atoms with Gasteiger partial charge in [-0.1, -0.05) is 25.1 Å². The zero-order valence-electron chi connectivity index (χ0n) is 15.7. The quantitative estimate of drug-likeness (QED) is 0.632. The van der Waals surface area contributed by atoms with E-state index in [-0.39, 0.29) is 17.3 Å². The van der Waals surface area contributed by atoms with Crippen molar-refractivity contribution in [3.8, 4) is 0 Å². The predicted molar refractivity (Wildman–Crippen MR) is 108 cm³/mol. The van der Waals surface area contributed by atoms with Crippen molar-refractivity contribution in [1.82, 2.24) is 4.72 Å². The first kappa shape index (κ1) is 19.9. The molecule has 0 radical (unpaired) electrons. The molecule has 0 fully saturated rings. The van der Waals surface area contributed by atoms with E-state index in [0.717, 1.165) is 12.0 Å². The van der Waals surface area contributed by atoms with E-state index < -0.39 is 10.0 Å². The van der Waals surface area contributed by atoms with Crippen LogP contribution in [-0.4, -0.2) is 14.3 Å². The van der Waals surface area contributed by atoms with Crippen molar-refractivity contribution < 1.29 is 17.6 Å². The van der Waals surface area contributed by atoms with E-state index in [0.29, 0.717) is 22.6 Å². The van der Waals surface area contributed by atoms with Crippen LogP contribution in [0, 0.1) is 6.92 Å². The molecular formula is C21H22N2O4S. The molecule has 0 aliphatic carbocycles. The first-order valence-corrected chi connectivity index (χ1v) is 10.4. The average molecular weight is 398 g/mol. The first-order valence-electron chi connectivity index (χ1n) is 8.92. The number of hydrogen-bond acceptors (Lipinski definition) is 4. The van der Waals surface area contributed by atoms with E-state index >= 15 is 0 Å². The van der Waals surface area contributed by atoms with Gasteiger partial charge < -0.3 is 9.73 Å². The Hall–Kier alpha value is -2.90. The van der Waals surface area contributed by atoms with Crippen LogP contribution in [0.5, 0.6) is 0 Å². The average Bonchev–Trinajstić information content (AvgIpc) is 3.20. The number of aryl methyl sites for hydroxylation is 2. The van der Waals surface area contributed by atoms with Crippen LogP contribution in [0.2, 0.25) is 0 Å². The highest BCUT2D eigenvalue weighted by atomic mass is 32.2. The van der Waals surface area contributed by atoms with E-state index in [2.05, 4.69) is 10.0 Å². The largest absolute Gasteiger partial charge is 0.468 e. The Kier molecular flexibility index (Phi) is 5.96. The van der Waals surface area contributed by atoms with Gasteiger partial charge in [-0.05, 0) is 60.9 Å². The van der Waals surface area contributed by atoms with Crippen LogP contribution >= 0.6 is 0 Å². The van der Waals surface area contributed by atoms with Crippen molar-refractivity contribution in [1.29, 1.82) is 0 Å². The Morgan fingerprint density at radius 2 is 1.89 bits per heavy atom. The summed E-state index contributed by atoms with van der Waals surface area (Å²) in [5.41, 5.74) is 2.78. The summed E-state index contributed by atoms with van der Waals surface area (Å²) in [6.07, 6.45) is 2.34. The van der Waals surface area contributed by atoms with E-state index in [1.54, 1.807) is 31.2 Å². The number of carbonyl (C=O) groups is 1. The number of amides is 1. The van der Waals surface area contributed by atoms with Gasteiger partial charge in [-0.25, -0.2) is 13.1 Å². The number of benzene rings is 2. The number of rotatable bonds is 7. The van der Waals surface area contributed by atoms with Gasteiger partial charge in [0, 0.05) is 11.3 Å². The maximum absolute atomic E-state index is 12.7. The van der Waals surface area contributed by atoms with Gasteiger partial charge in [-0.15, -0.1) is 0 Å². The molecule has 146 valence electrons. The van der Waals surface area contributed by atoms with Gasteiger partial charge in [0.25, 0.3) is 5.91 Å². The lowest BCUT2D eigenvalue weighted by molar-refractivity contribution is 0.102. The number of nitrogens with one attached hydrogen (secondary N) is 2. The molecule has 2 N–H and O–H groups in total. The predicted octanol–water partition coefficient (Wildman–Crippen LogP) is 3.88. The van der Waals surface area contributed by atoms with Crippen LogP contribution in [-0.2, 0) is 23.0 Å². The summed E-state index contributed by atoms with van der Waals surface area (Å²) in [6.45, 7) is 3.84. The van der Waals surface area contributed by atoms with Crippen LogP contribution < -0.4 is 10.0 Å². The molecule has 0 aliphatic rings. The smallest absolute Gasteiger partial charge is 0.255 e. The summed E-state index contributed by atoms with van der Waals surface area (Å²) in [7, 11) is -3.78. The Balaban J connectivity index is 1.81. The second-order valence-electron chi connectivity index (χ2n) is 6.39. The van der Waals surface area contributed by atoms with Crippen molar-refractivity contribution >= 4 is 21.6 Å². The SMILES string of the molecule is CCc1cccc(NC(=O)c2cc(S(=O)(=O)NCc3ccco3)ccc2C)c1. The highest BCUT2D eigenvalue weighted by molar-refractivity contribution is 7.89. The summed E-state index contributed by atoms with van der Waals surface area (Å²) in [6, 6.07) is 15.4. The van der Waals surface area contributed by atoms with Crippen LogP contribution in [0.1, 0.15) is 34.2 Å². The van der Waals surface area contributed by atoms with Crippen LogP contribution in [0.15, 0.2) is 70.2 Å². The van der Waals surface area contributed by atoms with Crippen molar-refractivity contribution in [2.75, 3.05) is 5.32 Å². The normalized spacial score (nSPS) is 11.4. The van der Waals surface area contributed by atoms with Crippen LogP contribution in [0.25, 0.3) is 0 Å². The summed E-state index contributed by atoms with van der Waals surface area (Å²) in [5, 5.41) is 2.84. The molecule has 7 heteroatoms. The van der Waals surface area contributed by atoms with Gasteiger partial charge in [0.15, 0.2) is 0 Å². The van der Waals surface area contributed by atoms with Gasteiger partial charge in [-0.3, -0.25) is 4.79 Å². The zero-order valence-corrected chi connectivity index (χ0v) is 16.5. The zero-order chi connectivity index (χ0) is 20.1. The Bertz CT molecular complexity index is 1070. The molecule has 0 saturated heterocycles. The summed E-state index contributed by atoms with van der Waals surface area (Å²) >= 11 is 0. The molecule has 0 atom stereocenters. The number of carbonyl (C=O) groups excluding carboxylic acids is 1. The summed E-state index contributed by atoms with van der Waals surface area (Å²) in [5.74, 6) is 0.151. The third kappa shape index (κ3) is 4.68. The monoisotopic (exact) mass is 398 g/mol. The highest BCUT2D eigenvalue weighted by Gasteiger charge is 2.18. The lowest BCUT2D eigenvalue weighted by Crippen LogP contribution is -2.24. The molecule has 6 nitrogen and oxygen atoms in total. The molecule has 0 saturated carbocycles. The van der Waals surface area contributed by atoms with E-state index in [1.807, 2.05) is 25.1 Å². The molecule has 1 aromatic heterocycles. The Labute approximate surface area is 164 Å². The Morgan fingerprint density at radius 1 is 1.07 bits per heavy atom. The molecule has 2 aromatic carbocycles. The topological polar surface area (TPSA) is 88.4 Å². The maximum Gasteiger partial charge on any atom is 0.255 e. The van der Waals surface area contributed by atoms with Gasteiger partial charge >= 0.3 is 0 Å². The lowest BCUT2D eigenvalue weighted by atomic mass is 10.1. The molecule has 28 heavy (non-hydrogen) atoms. The fourth-order valence-corrected chi connectivity index (χ4v) is 3.76. The van der Waals surface area contributed by atoms with Gasteiger partial charge in [0.05, 0.1) is 17.7 Å². The molecular weight excluding hydrogens is 376 g/mol. The van der Waals surface area contributed by atoms with Gasteiger partial charge in [-0.2, -0.15) is 0 Å². The number of sulfonamides is 1. The van der Waals surface area contributed by atoms with E-state index in [1.165, 1.54) is 18.4 Å². The number of furan rings is 1. The molecule has 0 bridgehead atoms. The second kappa shape index (κ2) is 8.41. The molecule has 0 aliphatic heterocycles. The van der Waals surface area contributed by atoms with Crippen molar-refractivity contribution in [2.24, 2.45) is 0 Å². The maximum atomic E-state index is 12.7. The summed E-state index contributed by atoms with van der Waals surface area (Å²) in [4.78, 5) is 12.7. The van der Waals surface area contributed by atoms with E-state index in [4.69, 9.17) is 4.42 Å². The van der Waals surface area contributed by atoms with Crippen LogP contribution in [0.4, 0.5) is 5.69 Å². The van der Waals surface area contributed by atoms with Crippen LogP contribution in [0.3, 0.4) is 0 Å². The molecule has 3 aromatic rings. The van der Waals surface area contributed by atoms with E-state index in [9.17, 15) is 13.2 Å². The minimum atomic E-state index is -3.78. The first-order chi connectivity index (χ1) is 13.4. The second-order valence-corrected chi connectivity index (χ2v) is 8.16. The number of anilines is 1. The third-order valence-corrected chi connectivity index (χ3v) is 5.77. The molecule has 1 heterocycles. The minimum Gasteiger partial charge on any atom is -0.468 e. The fourth-order valence-electron chi connectivity index (χ4n) is 2.74. The molecule has 0 unspecified atom stereocenters. The fraction of sp³-hybridized carbons (Fsp3) is 0.190. The molecule has 3 rings (SSSR count). The Morgan fingerprint density at radius 3 is 2.61 bits per heavy atom. The van der Waals surface area contributed by atoms with Crippen molar-refractivity contribution in [3.05, 3.63) is 83.3 Å². The van der Waals surface area contributed by atoms with Gasteiger partial charge in [0.2, 0.25) is 10.0 Å². The van der Waals surface area contributed by atoms with Gasteiger partial charge in [0.1, 0.15) is 5.76 Å². The van der Waals surface area contributed by atoms with Crippen molar-refractivity contribution in [3.63, 3.8) is 0 Å². The third-order valence-electron chi connectivity index (χ3n) is 4.37. The lowest BCUT2D eigenvalue weighted by Gasteiger charge is -2.11. The number of hydrogen-bond donors (Lipinski definition) is 2. The van der Waals surface area contributed by atoms with Crippen molar-refractivity contribution in [2.45, 2.75) is 31.7 Å². The summed E-state index contributed by atoms with van der Waals surface area (Å²) < 4.78 is 32.8. The molecule has 1 amide bonds. The molecule has 0 spiro atoms. The minimum absolute atomic E-state index is 0.0251.